The van der Waals surface area contributed by atoms with Crippen LogP contribution in [0.2, 0.25) is 0 Å². The Bertz CT molecular complexity index is 1340. The zero-order valence-electron chi connectivity index (χ0n) is 18.7. The van der Waals surface area contributed by atoms with Crippen molar-refractivity contribution >= 4 is 23.4 Å². The van der Waals surface area contributed by atoms with Gasteiger partial charge in [-0.05, 0) is 49.2 Å². The molecular weight excluding hydrogens is 448 g/mol. The molecule has 1 heterocycles. The van der Waals surface area contributed by atoms with E-state index in [2.05, 4.69) is 5.32 Å². The summed E-state index contributed by atoms with van der Waals surface area (Å²) in [5.41, 5.74) is 0.471. The molecule has 1 aromatic heterocycles. The molecule has 0 aliphatic heterocycles. The minimum absolute atomic E-state index is 0.0682. The van der Waals surface area contributed by atoms with Gasteiger partial charge < -0.3 is 20.1 Å². The summed E-state index contributed by atoms with van der Waals surface area (Å²) in [6.07, 6.45) is -0.364. The fourth-order valence-electron chi connectivity index (χ4n) is 3.48. The molecule has 178 valence electrons. The Hall–Kier alpha value is -4.21. The lowest BCUT2D eigenvalue weighted by Gasteiger charge is -2.25. The summed E-state index contributed by atoms with van der Waals surface area (Å²) >= 11 is 0. The predicted octanol–water partition coefficient (Wildman–Crippen LogP) is 3.98. The van der Waals surface area contributed by atoms with Crippen LogP contribution >= 0.6 is 0 Å². The lowest BCUT2D eigenvalue weighted by molar-refractivity contribution is -0.136. The molecule has 0 aliphatic carbocycles. The number of anilines is 2. The maximum absolute atomic E-state index is 14.5. The Morgan fingerprint density at radius 3 is 2.44 bits per heavy atom. The number of hydrogen-bond acceptors (Lipinski definition) is 4. The quantitative estimate of drug-likeness (QED) is 0.504. The first-order valence-electron chi connectivity index (χ1n) is 10.3. The Kier molecular flexibility index (Phi) is 7.00. The molecule has 0 bridgehead atoms. The molecule has 3 aromatic rings. The van der Waals surface area contributed by atoms with E-state index >= 15 is 0 Å². The minimum atomic E-state index is -1.13. The first kappa shape index (κ1) is 24.4. The lowest BCUT2D eigenvalue weighted by Crippen LogP contribution is -2.41. The van der Waals surface area contributed by atoms with Gasteiger partial charge in [0.2, 0.25) is 0 Å². The van der Waals surface area contributed by atoms with Gasteiger partial charge in [-0.3, -0.25) is 14.5 Å². The van der Waals surface area contributed by atoms with Crippen LogP contribution in [0.5, 0.6) is 5.75 Å². The number of carboxylic acid groups (broad SMARTS) is 1. The predicted molar refractivity (Wildman–Crippen MR) is 122 cm³/mol. The molecule has 2 amide bonds. The maximum Gasteiger partial charge on any atom is 0.326 e. The van der Waals surface area contributed by atoms with Gasteiger partial charge in [0.15, 0.2) is 5.69 Å². The molecule has 0 atom stereocenters. The molecule has 0 unspecified atom stereocenters. The van der Waals surface area contributed by atoms with E-state index in [-0.39, 0.29) is 29.9 Å². The Labute approximate surface area is 193 Å². The van der Waals surface area contributed by atoms with Crippen LogP contribution in [-0.4, -0.2) is 33.3 Å². The van der Waals surface area contributed by atoms with E-state index in [1.54, 1.807) is 26.0 Å². The van der Waals surface area contributed by atoms with Gasteiger partial charge in [0, 0.05) is 37.0 Å². The standard InChI is InChI=1S/C24H23F2N3O5/c1-13-8-15(18-5-4-16(25)12-19(18)26)11-17(9-13)29(24(34)27-7-6-21(31)32)22-20(30)10-14(2)28(3)23(22)33/h4-5,8-12,30H,6-7H2,1-3H3,(H,27,34)(H,31,32). The number of carbonyl (C=O) groups is 2. The highest BCUT2D eigenvalue weighted by molar-refractivity contribution is 6.01. The third kappa shape index (κ3) is 5.06. The van der Waals surface area contributed by atoms with E-state index in [0.717, 1.165) is 17.0 Å². The summed E-state index contributed by atoms with van der Waals surface area (Å²) in [7, 11) is 1.47. The number of carbonyl (C=O) groups excluding carboxylic acids is 1. The largest absolute Gasteiger partial charge is 0.505 e. The molecule has 0 radical (unpaired) electrons. The number of nitrogens with one attached hydrogen (secondary N) is 1. The van der Waals surface area contributed by atoms with Crippen molar-refractivity contribution in [3.05, 3.63) is 75.7 Å². The van der Waals surface area contributed by atoms with E-state index in [9.17, 15) is 28.3 Å². The number of aromatic nitrogens is 1. The highest BCUT2D eigenvalue weighted by Crippen LogP contribution is 2.35. The minimum Gasteiger partial charge on any atom is -0.505 e. The average molecular weight is 471 g/mol. The summed E-state index contributed by atoms with van der Waals surface area (Å²) < 4.78 is 29.1. The van der Waals surface area contributed by atoms with Gasteiger partial charge in [0.25, 0.3) is 5.56 Å². The number of nitrogens with zero attached hydrogens (tertiary/aromatic N) is 2. The summed E-state index contributed by atoms with van der Waals surface area (Å²) in [5, 5.41) is 21.9. The molecule has 3 N–H and O–H groups in total. The summed E-state index contributed by atoms with van der Waals surface area (Å²) in [6.45, 7) is 3.05. The van der Waals surface area contributed by atoms with Gasteiger partial charge in [-0.1, -0.05) is 6.07 Å². The van der Waals surface area contributed by atoms with Crippen molar-refractivity contribution < 1.29 is 28.6 Å². The zero-order valence-corrected chi connectivity index (χ0v) is 18.7. The highest BCUT2D eigenvalue weighted by Gasteiger charge is 2.26. The van der Waals surface area contributed by atoms with Crippen molar-refractivity contribution in [2.75, 3.05) is 11.4 Å². The van der Waals surface area contributed by atoms with Crippen molar-refractivity contribution in [1.29, 1.82) is 0 Å². The summed E-state index contributed by atoms with van der Waals surface area (Å²) in [5.74, 6) is -3.17. The van der Waals surface area contributed by atoms with E-state index in [4.69, 9.17) is 5.11 Å². The number of aromatic hydroxyl groups is 1. The zero-order chi connectivity index (χ0) is 25.2. The van der Waals surface area contributed by atoms with Gasteiger partial charge in [0.1, 0.15) is 17.4 Å². The van der Waals surface area contributed by atoms with Crippen molar-refractivity contribution in [1.82, 2.24) is 9.88 Å². The van der Waals surface area contributed by atoms with Crippen LogP contribution in [0, 0.1) is 25.5 Å². The third-order valence-corrected chi connectivity index (χ3v) is 5.23. The molecule has 8 nitrogen and oxygen atoms in total. The van der Waals surface area contributed by atoms with E-state index in [0.29, 0.717) is 16.8 Å². The number of amides is 2. The van der Waals surface area contributed by atoms with Gasteiger partial charge in [-0.25, -0.2) is 13.6 Å². The smallest absolute Gasteiger partial charge is 0.326 e. The number of halogens is 2. The van der Waals surface area contributed by atoms with Crippen LogP contribution in [0.1, 0.15) is 17.7 Å². The fourth-order valence-corrected chi connectivity index (χ4v) is 3.48. The Morgan fingerprint density at radius 1 is 1.09 bits per heavy atom. The second kappa shape index (κ2) is 9.74. The summed E-state index contributed by atoms with van der Waals surface area (Å²) in [4.78, 5) is 37.9. The van der Waals surface area contributed by atoms with Crippen LogP contribution in [-0.2, 0) is 11.8 Å². The molecule has 0 saturated carbocycles. The van der Waals surface area contributed by atoms with Gasteiger partial charge in [0.05, 0.1) is 12.1 Å². The molecule has 3 rings (SSSR count). The Morgan fingerprint density at radius 2 is 1.79 bits per heavy atom. The number of hydrogen-bond donors (Lipinski definition) is 3. The van der Waals surface area contributed by atoms with Crippen LogP contribution in [0.4, 0.5) is 25.0 Å². The fraction of sp³-hybridized carbons (Fsp3) is 0.208. The molecule has 0 fully saturated rings. The monoisotopic (exact) mass is 471 g/mol. The first-order chi connectivity index (χ1) is 16.0. The number of aryl methyl sites for hydroxylation is 2. The third-order valence-electron chi connectivity index (χ3n) is 5.23. The van der Waals surface area contributed by atoms with Crippen LogP contribution in [0.15, 0.2) is 47.3 Å². The Balaban J connectivity index is 2.21. The van der Waals surface area contributed by atoms with E-state index in [1.165, 1.54) is 29.8 Å². The van der Waals surface area contributed by atoms with Gasteiger partial charge in [-0.15, -0.1) is 0 Å². The lowest BCUT2D eigenvalue weighted by atomic mass is 10.0. The number of benzene rings is 2. The normalized spacial score (nSPS) is 10.7. The number of urea groups is 1. The van der Waals surface area contributed by atoms with Gasteiger partial charge in [-0.2, -0.15) is 0 Å². The first-order valence-corrected chi connectivity index (χ1v) is 10.3. The highest BCUT2D eigenvalue weighted by atomic mass is 19.1. The van der Waals surface area contributed by atoms with Crippen molar-refractivity contribution in [2.24, 2.45) is 7.05 Å². The topological polar surface area (TPSA) is 112 Å². The van der Waals surface area contributed by atoms with Crippen LogP contribution in [0.25, 0.3) is 11.1 Å². The number of pyridine rings is 1. The molecular formula is C24H23F2N3O5. The van der Waals surface area contributed by atoms with Crippen LogP contribution in [0.3, 0.4) is 0 Å². The number of rotatable bonds is 6. The maximum atomic E-state index is 14.5. The molecule has 10 heteroatoms. The molecule has 0 aliphatic rings. The SMILES string of the molecule is Cc1cc(-c2ccc(F)cc2F)cc(N(C(=O)NCCC(=O)O)c2c(O)cc(C)n(C)c2=O)c1. The second-order valence-electron chi connectivity index (χ2n) is 7.78. The van der Waals surface area contributed by atoms with Crippen molar-refractivity contribution in [2.45, 2.75) is 20.3 Å². The number of aliphatic carboxylic acids is 1. The number of carboxylic acids is 1. The van der Waals surface area contributed by atoms with Crippen LogP contribution < -0.4 is 15.8 Å². The molecule has 0 saturated heterocycles. The van der Waals surface area contributed by atoms with Gasteiger partial charge >= 0.3 is 12.0 Å². The van der Waals surface area contributed by atoms with E-state index < -0.39 is 34.9 Å². The molecule has 0 spiro atoms. The second-order valence-corrected chi connectivity index (χ2v) is 7.78. The molecule has 2 aromatic carbocycles. The molecule has 34 heavy (non-hydrogen) atoms. The van der Waals surface area contributed by atoms with Crippen molar-refractivity contribution in [3.8, 4) is 16.9 Å². The summed E-state index contributed by atoms with van der Waals surface area (Å²) in [6, 6.07) is 8.10. The van der Waals surface area contributed by atoms with Crippen molar-refractivity contribution in [3.63, 3.8) is 0 Å². The average Bonchev–Trinajstić information content (AvgIpc) is 2.74. The van der Waals surface area contributed by atoms with E-state index in [1.807, 2.05) is 0 Å².